The van der Waals surface area contributed by atoms with E-state index in [0.29, 0.717) is 29.1 Å². The van der Waals surface area contributed by atoms with E-state index in [1.807, 2.05) is 6.08 Å². The van der Waals surface area contributed by atoms with Crippen molar-refractivity contribution in [3.8, 4) is 23.6 Å². The molecule has 1 aliphatic carbocycles. The van der Waals surface area contributed by atoms with Gasteiger partial charge in [0.05, 0.1) is 32.1 Å². The number of carbonyl (C=O) groups is 1. The summed E-state index contributed by atoms with van der Waals surface area (Å²) in [5, 5.41) is 9.20. The highest BCUT2D eigenvalue weighted by Crippen LogP contribution is 2.30. The summed E-state index contributed by atoms with van der Waals surface area (Å²) < 4.78 is 21.5. The second kappa shape index (κ2) is 9.89. The number of para-hydroxylation sites is 1. The molecule has 2 aromatic rings. The maximum Gasteiger partial charge on any atom is 0.341 e. The predicted octanol–water partition coefficient (Wildman–Crippen LogP) is 3.83. The molecule has 0 amide bonds. The summed E-state index contributed by atoms with van der Waals surface area (Å²) in [5.74, 6) is 0.824. The van der Waals surface area contributed by atoms with Crippen LogP contribution in [-0.2, 0) is 14.3 Å². The smallest absolute Gasteiger partial charge is 0.341 e. The molecule has 8 nitrogen and oxygen atoms in total. The van der Waals surface area contributed by atoms with Gasteiger partial charge in [-0.15, -0.1) is 0 Å². The predicted molar refractivity (Wildman–Crippen MR) is 106 cm³/mol. The molecular formula is C22H19N3O5. The van der Waals surface area contributed by atoms with Crippen molar-refractivity contribution in [2.45, 2.75) is 12.8 Å². The van der Waals surface area contributed by atoms with Gasteiger partial charge in [0.2, 0.25) is 11.8 Å². The number of hydrogen-bond donors (Lipinski definition) is 0. The molecular weight excluding hydrogens is 386 g/mol. The number of hydrogen-bond acceptors (Lipinski definition) is 8. The topological polar surface area (TPSA) is 104 Å². The van der Waals surface area contributed by atoms with E-state index >= 15 is 0 Å². The summed E-state index contributed by atoms with van der Waals surface area (Å²) in [6.07, 6.45) is 7.62. The number of esters is 1. The van der Waals surface area contributed by atoms with Gasteiger partial charge in [-0.1, -0.05) is 24.3 Å². The zero-order chi connectivity index (χ0) is 21.3. The molecule has 1 heterocycles. The molecule has 0 saturated heterocycles. The molecule has 0 bridgehead atoms. The Morgan fingerprint density at radius 2 is 1.93 bits per heavy atom. The molecule has 0 N–H and O–H groups in total. The average Bonchev–Trinajstić information content (AvgIpc) is 2.78. The van der Waals surface area contributed by atoms with E-state index in [-0.39, 0.29) is 17.3 Å². The monoisotopic (exact) mass is 405 g/mol. The molecule has 1 aromatic carbocycles. The Labute approximate surface area is 173 Å². The minimum absolute atomic E-state index is 0.219. The number of carbonyl (C=O) groups excluding carboxylic acids is 1. The first-order valence-corrected chi connectivity index (χ1v) is 9.04. The molecule has 1 aromatic heterocycles. The van der Waals surface area contributed by atoms with Crippen LogP contribution in [0.25, 0.3) is 0 Å². The third-order valence-electron chi connectivity index (χ3n) is 4.12. The number of aromatic nitrogens is 2. The van der Waals surface area contributed by atoms with Crippen molar-refractivity contribution in [3.63, 3.8) is 0 Å². The first-order chi connectivity index (χ1) is 14.7. The van der Waals surface area contributed by atoms with Crippen LogP contribution in [0.2, 0.25) is 0 Å². The van der Waals surface area contributed by atoms with Gasteiger partial charge in [-0.05, 0) is 18.6 Å². The van der Waals surface area contributed by atoms with Gasteiger partial charge in [0, 0.05) is 12.0 Å². The molecule has 0 saturated carbocycles. The summed E-state index contributed by atoms with van der Waals surface area (Å²) >= 11 is 0. The molecule has 1 aliphatic rings. The zero-order valence-corrected chi connectivity index (χ0v) is 16.5. The molecule has 3 rings (SSSR count). The highest BCUT2D eigenvalue weighted by Gasteiger charge is 2.22. The summed E-state index contributed by atoms with van der Waals surface area (Å²) in [4.78, 5) is 20.3. The van der Waals surface area contributed by atoms with Crippen molar-refractivity contribution in [2.24, 2.45) is 0 Å². The average molecular weight is 405 g/mol. The summed E-state index contributed by atoms with van der Waals surface area (Å²) in [6, 6.07) is 10.4. The minimum atomic E-state index is -0.542. The largest absolute Gasteiger partial charge is 0.503 e. The quantitative estimate of drug-likeness (QED) is 0.389. The normalized spacial score (nSPS) is 13.4. The van der Waals surface area contributed by atoms with Crippen LogP contribution in [0, 0.1) is 11.3 Å². The van der Waals surface area contributed by atoms with Crippen molar-refractivity contribution in [2.75, 3.05) is 14.2 Å². The van der Waals surface area contributed by atoms with Crippen LogP contribution >= 0.6 is 0 Å². The molecule has 8 heteroatoms. The van der Waals surface area contributed by atoms with Crippen molar-refractivity contribution < 1.29 is 23.7 Å². The van der Waals surface area contributed by atoms with Gasteiger partial charge in [-0.2, -0.15) is 5.26 Å². The molecule has 0 fully saturated rings. The summed E-state index contributed by atoms with van der Waals surface area (Å²) in [6.45, 7) is 0. The molecule has 30 heavy (non-hydrogen) atoms. The van der Waals surface area contributed by atoms with Crippen LogP contribution in [0.1, 0.15) is 18.4 Å². The highest BCUT2D eigenvalue weighted by atomic mass is 16.5. The fraction of sp³-hybridized carbons (Fsp3) is 0.182. The van der Waals surface area contributed by atoms with Gasteiger partial charge in [0.1, 0.15) is 29.5 Å². The number of benzene rings is 1. The van der Waals surface area contributed by atoms with Gasteiger partial charge < -0.3 is 18.9 Å². The van der Waals surface area contributed by atoms with Gasteiger partial charge in [0.25, 0.3) is 0 Å². The van der Waals surface area contributed by atoms with Crippen molar-refractivity contribution in [1.29, 1.82) is 5.26 Å². The number of rotatable bonds is 7. The van der Waals surface area contributed by atoms with E-state index in [4.69, 9.17) is 18.9 Å². The van der Waals surface area contributed by atoms with Gasteiger partial charge in [0.15, 0.2) is 0 Å². The summed E-state index contributed by atoms with van der Waals surface area (Å²) in [5.41, 5.74) is 1.17. The SMILES string of the molecule is CO/C=C(/C(=O)OC)C1=C(Oc2cc(Oc3ccccc3C#N)ncn2)CCC=C1. The number of ether oxygens (including phenoxy) is 4. The van der Waals surface area contributed by atoms with E-state index in [1.54, 1.807) is 30.3 Å². The zero-order valence-electron chi connectivity index (χ0n) is 16.5. The second-order valence-electron chi connectivity index (χ2n) is 6.04. The Bertz CT molecular complexity index is 1070. The van der Waals surface area contributed by atoms with E-state index < -0.39 is 5.97 Å². The lowest BCUT2D eigenvalue weighted by Crippen LogP contribution is -2.13. The fourth-order valence-corrected chi connectivity index (χ4v) is 2.76. The van der Waals surface area contributed by atoms with Crippen LogP contribution < -0.4 is 9.47 Å². The van der Waals surface area contributed by atoms with Crippen LogP contribution in [0.3, 0.4) is 0 Å². The van der Waals surface area contributed by atoms with Crippen molar-refractivity contribution in [3.05, 3.63) is 77.5 Å². The number of allylic oxidation sites excluding steroid dienone is 3. The first-order valence-electron chi connectivity index (χ1n) is 9.04. The van der Waals surface area contributed by atoms with Crippen LogP contribution in [-0.4, -0.2) is 30.2 Å². The number of nitrogens with zero attached hydrogens (tertiary/aromatic N) is 3. The van der Waals surface area contributed by atoms with Gasteiger partial charge in [-0.25, -0.2) is 14.8 Å². The molecule has 0 radical (unpaired) electrons. The fourth-order valence-electron chi connectivity index (χ4n) is 2.76. The lowest BCUT2D eigenvalue weighted by Gasteiger charge is -2.17. The first kappa shape index (κ1) is 20.6. The molecule has 0 aliphatic heterocycles. The molecule has 152 valence electrons. The van der Waals surface area contributed by atoms with E-state index in [2.05, 4.69) is 16.0 Å². The van der Waals surface area contributed by atoms with Crippen LogP contribution in [0.15, 0.2) is 72.0 Å². The Balaban J connectivity index is 1.89. The van der Waals surface area contributed by atoms with Gasteiger partial charge in [-0.3, -0.25) is 0 Å². The minimum Gasteiger partial charge on any atom is -0.503 e. The Kier molecular flexibility index (Phi) is 6.79. The molecule has 0 atom stereocenters. The van der Waals surface area contributed by atoms with E-state index in [1.165, 1.54) is 32.9 Å². The van der Waals surface area contributed by atoms with E-state index in [9.17, 15) is 10.1 Å². The van der Waals surface area contributed by atoms with Crippen LogP contribution in [0.5, 0.6) is 17.5 Å². The van der Waals surface area contributed by atoms with Gasteiger partial charge >= 0.3 is 5.97 Å². The van der Waals surface area contributed by atoms with Crippen molar-refractivity contribution in [1.82, 2.24) is 9.97 Å². The van der Waals surface area contributed by atoms with E-state index in [0.717, 1.165) is 6.42 Å². The Hall–Kier alpha value is -4.12. The maximum absolute atomic E-state index is 12.2. The second-order valence-corrected chi connectivity index (χ2v) is 6.04. The third-order valence-corrected chi connectivity index (χ3v) is 4.12. The lowest BCUT2D eigenvalue weighted by atomic mass is 9.98. The molecule has 0 spiro atoms. The number of methoxy groups -OCH3 is 2. The summed E-state index contributed by atoms with van der Waals surface area (Å²) in [7, 11) is 2.75. The molecule has 0 unspecified atom stereocenters. The van der Waals surface area contributed by atoms with Crippen LogP contribution in [0.4, 0.5) is 0 Å². The Morgan fingerprint density at radius 3 is 2.67 bits per heavy atom. The third kappa shape index (κ3) is 4.83. The highest BCUT2D eigenvalue weighted by molar-refractivity contribution is 5.94. The number of nitriles is 1. The standard InChI is InChI=1S/C22H19N3O5/c1-27-13-17(22(26)28-2)16-8-4-6-10-19(16)30-21-11-20(24-14-25-21)29-18-9-5-3-7-15(18)12-23/h3-5,7-9,11,13-14H,6,10H2,1-2H3/b17-13+. The lowest BCUT2D eigenvalue weighted by molar-refractivity contribution is -0.135. The van der Waals surface area contributed by atoms with Crippen molar-refractivity contribution >= 4 is 5.97 Å². The Morgan fingerprint density at radius 1 is 1.17 bits per heavy atom. The maximum atomic E-state index is 12.2.